The third-order valence-corrected chi connectivity index (χ3v) is 8.47. The van der Waals surface area contributed by atoms with Crippen LogP contribution in [0, 0.1) is 5.82 Å². The van der Waals surface area contributed by atoms with Crippen LogP contribution < -0.4 is 24.6 Å². The molecular formula is C28H34FN9O3S. The maximum absolute atomic E-state index is 15.0. The number of benzene rings is 2. The van der Waals surface area contributed by atoms with E-state index in [0.29, 0.717) is 22.5 Å². The first kappa shape index (κ1) is 29.2. The van der Waals surface area contributed by atoms with Crippen LogP contribution in [0.5, 0.6) is 5.75 Å². The summed E-state index contributed by atoms with van der Waals surface area (Å²) in [5.41, 5.74) is 4.21. The van der Waals surface area contributed by atoms with Gasteiger partial charge >= 0.3 is 0 Å². The van der Waals surface area contributed by atoms with Crippen molar-refractivity contribution < 1.29 is 17.5 Å². The summed E-state index contributed by atoms with van der Waals surface area (Å²) >= 11 is 0. The predicted molar refractivity (Wildman–Crippen MR) is 163 cm³/mol. The summed E-state index contributed by atoms with van der Waals surface area (Å²) in [7, 11) is 1.44. The molecule has 1 aliphatic rings. The fraction of sp³-hybridized carbons (Fsp3) is 0.357. The predicted octanol–water partition coefficient (Wildman–Crippen LogP) is 3.76. The fourth-order valence-electron chi connectivity index (χ4n) is 4.88. The second kappa shape index (κ2) is 11.9. The SMILES string of the molecule is CCc1cc(Nc2ncc(F)c(Nc3ccc4nccnc4c3N(C)S(C)(=O)=O)n2)c(OC)cc1N1CCN(C)CC1. The number of rotatable bonds is 9. The minimum absolute atomic E-state index is 0.130. The van der Waals surface area contributed by atoms with Crippen molar-refractivity contribution in [2.45, 2.75) is 13.3 Å². The van der Waals surface area contributed by atoms with E-state index in [1.54, 1.807) is 19.2 Å². The van der Waals surface area contributed by atoms with E-state index in [2.05, 4.69) is 54.3 Å². The summed E-state index contributed by atoms with van der Waals surface area (Å²) in [5.74, 6) is -0.138. The van der Waals surface area contributed by atoms with Crippen LogP contribution in [0.4, 0.5) is 38.9 Å². The second-order valence-electron chi connectivity index (χ2n) is 10.1. The molecule has 0 saturated carbocycles. The Balaban J connectivity index is 1.49. The first-order valence-electron chi connectivity index (χ1n) is 13.5. The minimum atomic E-state index is -3.68. The molecule has 0 spiro atoms. The normalized spacial score (nSPS) is 14.2. The van der Waals surface area contributed by atoms with Gasteiger partial charge in [0.1, 0.15) is 17.0 Å². The molecule has 3 heterocycles. The Labute approximate surface area is 244 Å². The molecule has 12 nitrogen and oxygen atoms in total. The lowest BCUT2D eigenvalue weighted by Gasteiger charge is -2.35. The van der Waals surface area contributed by atoms with Gasteiger partial charge in [-0.25, -0.2) is 17.8 Å². The van der Waals surface area contributed by atoms with Crippen molar-refractivity contribution in [3.8, 4) is 5.75 Å². The van der Waals surface area contributed by atoms with Gasteiger partial charge in [0.2, 0.25) is 16.0 Å². The van der Waals surface area contributed by atoms with Crippen LogP contribution in [0.1, 0.15) is 12.5 Å². The molecule has 0 amide bonds. The highest BCUT2D eigenvalue weighted by Gasteiger charge is 2.23. The summed E-state index contributed by atoms with van der Waals surface area (Å²) in [6.07, 6.45) is 5.90. The zero-order valence-electron chi connectivity index (χ0n) is 24.2. The van der Waals surface area contributed by atoms with Crippen LogP contribution in [-0.2, 0) is 16.4 Å². The first-order chi connectivity index (χ1) is 20.1. The smallest absolute Gasteiger partial charge is 0.232 e. The topological polar surface area (TPSA) is 129 Å². The van der Waals surface area contributed by atoms with Crippen molar-refractivity contribution in [1.82, 2.24) is 24.8 Å². The van der Waals surface area contributed by atoms with E-state index in [9.17, 15) is 8.42 Å². The van der Waals surface area contributed by atoms with E-state index in [1.807, 2.05) is 12.1 Å². The quantitative estimate of drug-likeness (QED) is 0.293. The molecule has 2 N–H and O–H groups in total. The Kier molecular flexibility index (Phi) is 8.27. The third kappa shape index (κ3) is 5.99. The van der Waals surface area contributed by atoms with Gasteiger partial charge in [-0.3, -0.25) is 14.3 Å². The second-order valence-corrected chi connectivity index (χ2v) is 12.1. The molecule has 42 heavy (non-hydrogen) atoms. The van der Waals surface area contributed by atoms with Gasteiger partial charge < -0.3 is 25.2 Å². The Morgan fingerprint density at radius 3 is 2.48 bits per heavy atom. The summed E-state index contributed by atoms with van der Waals surface area (Å²) in [4.78, 5) is 21.8. The lowest BCUT2D eigenvalue weighted by Crippen LogP contribution is -2.44. The standard InChI is InChI=1S/C28H34FN9O3S/c1-6-18-15-22(24(41-4)16-23(18)38-13-11-36(2)12-14-38)34-28-32-17-19(29)27(35-28)33-21-8-7-20-25(31-10-9-30-20)26(21)37(3)42(5,39)40/h7-10,15-17H,6,11-14H2,1-5H3,(H2,32,33,34,35). The van der Waals surface area contributed by atoms with Crippen LogP contribution in [0.25, 0.3) is 11.0 Å². The number of sulfonamides is 1. The molecule has 0 atom stereocenters. The summed E-state index contributed by atoms with van der Waals surface area (Å²) in [6, 6.07) is 7.30. The number of likely N-dealkylation sites (N-methyl/N-ethyl adjacent to an activating group) is 1. The highest BCUT2D eigenvalue weighted by Crippen LogP contribution is 2.37. The maximum Gasteiger partial charge on any atom is 0.232 e. The Bertz CT molecular complexity index is 1710. The maximum atomic E-state index is 15.0. The molecule has 1 fully saturated rings. The molecule has 222 valence electrons. The van der Waals surface area contributed by atoms with Crippen LogP contribution in [0.15, 0.2) is 42.9 Å². The van der Waals surface area contributed by atoms with Gasteiger partial charge in [0, 0.05) is 57.4 Å². The number of halogens is 1. The van der Waals surface area contributed by atoms with Gasteiger partial charge in [0.05, 0.1) is 36.5 Å². The largest absolute Gasteiger partial charge is 0.494 e. The van der Waals surface area contributed by atoms with Crippen molar-refractivity contribution in [2.75, 3.05) is 73.5 Å². The van der Waals surface area contributed by atoms with Crippen LogP contribution >= 0.6 is 0 Å². The van der Waals surface area contributed by atoms with E-state index in [4.69, 9.17) is 4.74 Å². The number of hydrogen-bond acceptors (Lipinski definition) is 11. The molecule has 2 aromatic carbocycles. The molecule has 5 rings (SSSR count). The monoisotopic (exact) mass is 595 g/mol. The Morgan fingerprint density at radius 1 is 1.05 bits per heavy atom. The van der Waals surface area contributed by atoms with E-state index >= 15 is 4.39 Å². The summed E-state index contributed by atoms with van der Waals surface area (Å²) in [6.45, 7) is 5.91. The lowest BCUT2D eigenvalue weighted by molar-refractivity contribution is 0.312. The zero-order valence-corrected chi connectivity index (χ0v) is 25.0. The number of nitrogens with one attached hydrogen (secondary N) is 2. The zero-order chi connectivity index (χ0) is 30.0. The molecule has 0 radical (unpaired) electrons. The van der Waals surface area contributed by atoms with Gasteiger partial charge in [0.15, 0.2) is 11.6 Å². The minimum Gasteiger partial charge on any atom is -0.494 e. The molecule has 1 aliphatic heterocycles. The summed E-state index contributed by atoms with van der Waals surface area (Å²) in [5, 5.41) is 6.11. The van der Waals surface area contributed by atoms with E-state index in [0.717, 1.165) is 60.6 Å². The van der Waals surface area contributed by atoms with Crippen molar-refractivity contribution in [2.24, 2.45) is 0 Å². The van der Waals surface area contributed by atoms with Gasteiger partial charge in [-0.2, -0.15) is 4.98 Å². The Hall–Kier alpha value is -4.30. The number of methoxy groups -OCH3 is 1. The van der Waals surface area contributed by atoms with Crippen LogP contribution in [-0.4, -0.2) is 86.9 Å². The molecule has 4 aromatic rings. The molecule has 0 bridgehead atoms. The molecule has 0 aliphatic carbocycles. The van der Waals surface area contributed by atoms with E-state index in [-0.39, 0.29) is 23.1 Å². The third-order valence-electron chi connectivity index (χ3n) is 7.30. The van der Waals surface area contributed by atoms with Crippen molar-refractivity contribution in [3.63, 3.8) is 0 Å². The number of piperazine rings is 1. The number of aryl methyl sites for hydroxylation is 1. The Morgan fingerprint density at radius 2 is 1.79 bits per heavy atom. The van der Waals surface area contributed by atoms with E-state index < -0.39 is 15.8 Å². The van der Waals surface area contributed by atoms with E-state index in [1.165, 1.54) is 19.4 Å². The lowest BCUT2D eigenvalue weighted by atomic mass is 10.1. The van der Waals surface area contributed by atoms with Crippen molar-refractivity contribution in [3.05, 3.63) is 54.2 Å². The number of ether oxygens (including phenoxy) is 1. The molecule has 0 unspecified atom stereocenters. The van der Waals surface area contributed by atoms with Gasteiger partial charge in [-0.15, -0.1) is 0 Å². The average molecular weight is 596 g/mol. The molecule has 14 heteroatoms. The fourth-order valence-corrected chi connectivity index (χ4v) is 5.39. The highest BCUT2D eigenvalue weighted by atomic mass is 32.2. The first-order valence-corrected chi connectivity index (χ1v) is 15.3. The average Bonchev–Trinajstić information content (AvgIpc) is 2.98. The number of fused-ring (bicyclic) bond motifs is 1. The molecular weight excluding hydrogens is 561 g/mol. The number of aromatic nitrogens is 4. The highest BCUT2D eigenvalue weighted by molar-refractivity contribution is 7.92. The van der Waals surface area contributed by atoms with Gasteiger partial charge in [0.25, 0.3) is 0 Å². The van der Waals surface area contributed by atoms with Gasteiger partial charge in [-0.1, -0.05) is 6.92 Å². The number of hydrogen-bond donors (Lipinski definition) is 2. The van der Waals surface area contributed by atoms with Gasteiger partial charge in [-0.05, 0) is 37.2 Å². The summed E-state index contributed by atoms with van der Waals surface area (Å²) < 4.78 is 46.8. The molecule has 2 aromatic heterocycles. The number of nitrogens with zero attached hydrogens (tertiary/aromatic N) is 7. The van der Waals surface area contributed by atoms with Crippen LogP contribution in [0.2, 0.25) is 0 Å². The van der Waals surface area contributed by atoms with Crippen LogP contribution in [0.3, 0.4) is 0 Å². The molecule has 1 saturated heterocycles. The number of anilines is 6. The van der Waals surface area contributed by atoms with Crippen molar-refractivity contribution >= 4 is 55.6 Å². The van der Waals surface area contributed by atoms with Crippen molar-refractivity contribution in [1.29, 1.82) is 0 Å².